The van der Waals surface area contributed by atoms with E-state index in [0.717, 1.165) is 6.42 Å². The molecule has 0 rings (SSSR count). The monoisotopic (exact) mass is 557 g/mol. The van der Waals surface area contributed by atoms with E-state index in [1.165, 1.54) is 0 Å². The van der Waals surface area contributed by atoms with E-state index in [9.17, 15) is 15.0 Å². The SMILES string of the molecule is CC=CC(C#CO)(OC(C)(C)CC(C)(C)NC(=O)C(C)(N)CC(C)(C)N)POC(C)(C)CC(C)(CC)CO. The minimum absolute atomic E-state index is 0.0603. The summed E-state index contributed by atoms with van der Waals surface area (Å²) in [5.41, 5.74) is 8.40. The van der Waals surface area contributed by atoms with E-state index in [2.05, 4.69) is 11.2 Å². The van der Waals surface area contributed by atoms with E-state index in [-0.39, 0.29) is 26.7 Å². The molecule has 0 aliphatic heterocycles. The summed E-state index contributed by atoms with van der Waals surface area (Å²) < 4.78 is 12.9. The molecule has 0 bridgehead atoms. The lowest BCUT2D eigenvalue weighted by Gasteiger charge is -2.43. The molecule has 0 saturated carbocycles. The summed E-state index contributed by atoms with van der Waals surface area (Å²) in [5, 5.41) is 21.4. The van der Waals surface area contributed by atoms with Crippen LogP contribution < -0.4 is 16.8 Å². The Morgan fingerprint density at radius 3 is 1.95 bits per heavy atom. The lowest BCUT2D eigenvalue weighted by molar-refractivity contribution is -0.129. The molecule has 38 heavy (non-hydrogen) atoms. The molecule has 8 nitrogen and oxygen atoms in total. The Morgan fingerprint density at radius 1 is 0.974 bits per heavy atom. The summed E-state index contributed by atoms with van der Waals surface area (Å²) in [4.78, 5) is 13.1. The highest BCUT2D eigenvalue weighted by Crippen LogP contribution is 2.45. The van der Waals surface area contributed by atoms with Crippen LogP contribution in [0.15, 0.2) is 12.2 Å². The molecule has 0 saturated heterocycles. The van der Waals surface area contributed by atoms with Crippen LogP contribution in [0, 0.1) is 17.4 Å². The van der Waals surface area contributed by atoms with Gasteiger partial charge >= 0.3 is 0 Å². The largest absolute Gasteiger partial charge is 0.462 e. The molecule has 0 spiro atoms. The molecule has 0 aromatic carbocycles. The first-order valence-corrected chi connectivity index (χ1v) is 14.3. The summed E-state index contributed by atoms with van der Waals surface area (Å²) in [6.07, 6.45) is 7.81. The molecule has 1 amide bonds. The fourth-order valence-corrected chi connectivity index (χ4v) is 6.29. The first-order valence-electron chi connectivity index (χ1n) is 13.4. The minimum atomic E-state index is -1.21. The van der Waals surface area contributed by atoms with Gasteiger partial charge in [0.15, 0.2) is 5.34 Å². The molecule has 4 unspecified atom stereocenters. The summed E-state index contributed by atoms with van der Waals surface area (Å²) in [6.45, 7) is 23.0. The highest BCUT2D eigenvalue weighted by molar-refractivity contribution is 7.35. The molecule has 9 heteroatoms. The second-order valence-electron chi connectivity index (χ2n) is 13.9. The fraction of sp³-hybridized carbons (Fsp3) is 0.828. The van der Waals surface area contributed by atoms with Gasteiger partial charge in [0.1, 0.15) is 6.11 Å². The van der Waals surface area contributed by atoms with Gasteiger partial charge in [0.2, 0.25) is 5.91 Å². The Hall–Kier alpha value is -1.20. The number of allylic oxidation sites excluding steroid dienone is 1. The number of rotatable bonds is 16. The Kier molecular flexibility index (Phi) is 13.0. The Balaban J connectivity index is 5.84. The highest BCUT2D eigenvalue weighted by atomic mass is 31.1. The van der Waals surface area contributed by atoms with Crippen LogP contribution in [0.5, 0.6) is 0 Å². The van der Waals surface area contributed by atoms with E-state index in [1.54, 1.807) is 13.0 Å². The van der Waals surface area contributed by atoms with Crippen LogP contribution >= 0.6 is 8.81 Å². The fourth-order valence-electron chi connectivity index (χ4n) is 5.13. The number of hydrogen-bond donors (Lipinski definition) is 5. The molecule has 222 valence electrons. The number of nitrogens with two attached hydrogens (primary N) is 2. The van der Waals surface area contributed by atoms with Gasteiger partial charge in [0.25, 0.3) is 0 Å². The summed E-state index contributed by atoms with van der Waals surface area (Å²) in [6, 6.07) is 0. The molecule has 0 aliphatic rings. The van der Waals surface area contributed by atoms with Crippen molar-refractivity contribution in [1.29, 1.82) is 0 Å². The minimum Gasteiger partial charge on any atom is -0.462 e. The number of nitrogens with one attached hydrogen (secondary N) is 1. The van der Waals surface area contributed by atoms with Crippen LogP contribution in [0.1, 0.15) is 109 Å². The molecular formula is C29H56N3O5P. The third-order valence-corrected chi connectivity index (χ3v) is 7.66. The van der Waals surface area contributed by atoms with Gasteiger partial charge < -0.3 is 36.3 Å². The van der Waals surface area contributed by atoms with Crippen LogP contribution in [-0.2, 0) is 14.1 Å². The maximum Gasteiger partial charge on any atom is 0.240 e. The summed E-state index contributed by atoms with van der Waals surface area (Å²) in [7, 11) is -0.258. The topological polar surface area (TPSA) is 140 Å². The molecule has 4 atom stereocenters. The molecule has 0 radical (unpaired) electrons. The van der Waals surface area contributed by atoms with E-state index < -0.39 is 33.2 Å². The van der Waals surface area contributed by atoms with Crippen molar-refractivity contribution in [2.24, 2.45) is 16.9 Å². The maximum absolute atomic E-state index is 13.1. The molecule has 0 fully saturated rings. The molecule has 0 aliphatic carbocycles. The van der Waals surface area contributed by atoms with Crippen LogP contribution in [0.25, 0.3) is 0 Å². The van der Waals surface area contributed by atoms with Crippen LogP contribution in [0.4, 0.5) is 0 Å². The average Bonchev–Trinajstić information content (AvgIpc) is 2.69. The molecule has 0 aromatic rings. The second-order valence-corrected chi connectivity index (χ2v) is 15.0. The van der Waals surface area contributed by atoms with Crippen molar-refractivity contribution < 1.29 is 24.3 Å². The van der Waals surface area contributed by atoms with Gasteiger partial charge in [-0.05, 0) is 112 Å². The quantitative estimate of drug-likeness (QED) is 0.105. The zero-order valence-electron chi connectivity index (χ0n) is 26.0. The Morgan fingerprint density at radius 2 is 1.53 bits per heavy atom. The van der Waals surface area contributed by atoms with Crippen LogP contribution in [0.2, 0.25) is 0 Å². The molecule has 0 heterocycles. The lowest BCUT2D eigenvalue weighted by atomic mass is 9.79. The normalized spacial score (nSPS) is 18.5. The second kappa shape index (κ2) is 13.4. The van der Waals surface area contributed by atoms with E-state index in [1.807, 2.05) is 88.3 Å². The van der Waals surface area contributed by atoms with Crippen molar-refractivity contribution in [2.45, 2.75) is 142 Å². The molecular weight excluding hydrogens is 501 g/mol. The first kappa shape index (κ1) is 36.8. The van der Waals surface area contributed by atoms with Crippen molar-refractivity contribution in [1.82, 2.24) is 5.32 Å². The molecule has 0 aromatic heterocycles. The first-order chi connectivity index (χ1) is 16.9. The predicted molar refractivity (Wildman–Crippen MR) is 158 cm³/mol. The van der Waals surface area contributed by atoms with Gasteiger partial charge in [-0.3, -0.25) is 4.79 Å². The number of ether oxygens (including phenoxy) is 1. The Labute approximate surface area is 233 Å². The highest BCUT2D eigenvalue weighted by Gasteiger charge is 2.42. The third-order valence-electron chi connectivity index (χ3n) is 6.31. The van der Waals surface area contributed by atoms with E-state index in [0.29, 0.717) is 19.3 Å². The zero-order chi connectivity index (χ0) is 30.3. The maximum atomic E-state index is 13.1. The van der Waals surface area contributed by atoms with Gasteiger partial charge in [-0.2, -0.15) is 0 Å². The lowest BCUT2D eigenvalue weighted by Crippen LogP contribution is -2.61. The van der Waals surface area contributed by atoms with Crippen molar-refractivity contribution >= 4 is 14.7 Å². The predicted octanol–water partition coefficient (Wildman–Crippen LogP) is 4.70. The van der Waals surface area contributed by atoms with Crippen molar-refractivity contribution in [3.05, 3.63) is 12.2 Å². The molecule has 7 N–H and O–H groups in total. The number of amides is 1. The number of carbonyl (C=O) groups is 1. The van der Waals surface area contributed by atoms with Gasteiger partial charge in [-0.25, -0.2) is 0 Å². The standard InChI is InChI=1S/C29H56N3O5P/c1-13-15-29(16-17-33,38-37-26(9,10)20-27(11,14-2)21-34)36-25(7,8)19-24(5,6)32-22(35)28(12,31)18-23(3,4)30/h13,15,33-34,38H,14,18-21,30-31H2,1-12H3,(H,32,35). The Bertz CT molecular complexity index is 862. The number of hydrogen-bond acceptors (Lipinski definition) is 7. The number of carbonyl (C=O) groups excluding carboxylic acids is 1. The van der Waals surface area contributed by atoms with Crippen LogP contribution in [0.3, 0.4) is 0 Å². The van der Waals surface area contributed by atoms with Crippen molar-refractivity contribution in [3.63, 3.8) is 0 Å². The third kappa shape index (κ3) is 13.2. The smallest absolute Gasteiger partial charge is 0.240 e. The summed E-state index contributed by atoms with van der Waals surface area (Å²) >= 11 is 0. The van der Waals surface area contributed by atoms with Gasteiger partial charge in [-0.15, -0.1) is 0 Å². The summed E-state index contributed by atoms with van der Waals surface area (Å²) in [5.74, 6) is 2.52. The van der Waals surface area contributed by atoms with E-state index in [4.69, 9.17) is 20.7 Å². The van der Waals surface area contributed by atoms with Gasteiger partial charge in [-0.1, -0.05) is 19.9 Å². The zero-order valence-corrected chi connectivity index (χ0v) is 27.0. The average molecular weight is 558 g/mol. The van der Waals surface area contributed by atoms with Crippen molar-refractivity contribution in [3.8, 4) is 12.0 Å². The van der Waals surface area contributed by atoms with Gasteiger partial charge in [0, 0.05) is 17.7 Å². The van der Waals surface area contributed by atoms with Gasteiger partial charge in [0.05, 0.1) is 25.5 Å². The van der Waals surface area contributed by atoms with Crippen LogP contribution in [-0.4, -0.2) is 55.9 Å². The van der Waals surface area contributed by atoms with Crippen molar-refractivity contribution in [2.75, 3.05) is 6.61 Å². The number of aliphatic hydroxyl groups excluding tert-OH is 2. The van der Waals surface area contributed by atoms with E-state index >= 15 is 0 Å². The number of aliphatic hydroxyl groups is 2.